The Morgan fingerprint density at radius 1 is 1.33 bits per heavy atom. The van der Waals surface area contributed by atoms with Crippen LogP contribution in [-0.4, -0.2) is 17.5 Å². The fourth-order valence-corrected chi connectivity index (χ4v) is 3.01. The minimum absolute atomic E-state index is 0.484. The van der Waals surface area contributed by atoms with Crippen molar-refractivity contribution in [1.29, 1.82) is 0 Å². The van der Waals surface area contributed by atoms with E-state index in [0.717, 1.165) is 22.6 Å². The lowest BCUT2D eigenvalue weighted by Gasteiger charge is -2.15. The van der Waals surface area contributed by atoms with E-state index < -0.39 is 0 Å². The summed E-state index contributed by atoms with van der Waals surface area (Å²) < 4.78 is 0. The van der Waals surface area contributed by atoms with Crippen molar-refractivity contribution in [3.05, 3.63) is 34.9 Å². The van der Waals surface area contributed by atoms with Gasteiger partial charge in [0.1, 0.15) is 0 Å². The van der Waals surface area contributed by atoms with Crippen molar-refractivity contribution in [2.24, 2.45) is 0 Å². The molecule has 1 aliphatic heterocycles. The van der Waals surface area contributed by atoms with Crippen molar-refractivity contribution in [3.63, 3.8) is 0 Å². The molecule has 1 aliphatic rings. The van der Waals surface area contributed by atoms with E-state index in [9.17, 15) is 0 Å². The van der Waals surface area contributed by atoms with Gasteiger partial charge in [0.25, 0.3) is 0 Å². The van der Waals surface area contributed by atoms with Gasteiger partial charge in [-0.05, 0) is 30.7 Å². The van der Waals surface area contributed by atoms with Crippen LogP contribution in [0, 0.1) is 0 Å². The van der Waals surface area contributed by atoms with E-state index in [1.165, 1.54) is 12.0 Å². The Balaban J connectivity index is 2.06. The molecule has 1 N–H and O–H groups in total. The van der Waals surface area contributed by atoms with Gasteiger partial charge >= 0.3 is 0 Å². The lowest BCUT2D eigenvalue weighted by atomic mass is 10.1. The summed E-state index contributed by atoms with van der Waals surface area (Å²) in [6, 6.07) is 8.67. The predicted octanol–water partition coefficient (Wildman–Crippen LogP) is 3.50. The van der Waals surface area contributed by atoms with Crippen LogP contribution in [0.15, 0.2) is 24.3 Å². The third-order valence-corrected chi connectivity index (χ3v) is 4.34. The van der Waals surface area contributed by atoms with Gasteiger partial charge in [-0.15, -0.1) is 0 Å². The zero-order valence-corrected chi connectivity index (χ0v) is 10.4. The van der Waals surface area contributed by atoms with Gasteiger partial charge in [-0.25, -0.2) is 0 Å². The lowest BCUT2D eigenvalue weighted by Crippen LogP contribution is -2.22. The van der Waals surface area contributed by atoms with Crippen LogP contribution in [-0.2, 0) is 0 Å². The van der Waals surface area contributed by atoms with E-state index in [1.54, 1.807) is 0 Å². The summed E-state index contributed by atoms with van der Waals surface area (Å²) >= 11 is 7.93. The van der Waals surface area contributed by atoms with Crippen molar-refractivity contribution in [2.75, 3.05) is 12.3 Å². The largest absolute Gasteiger partial charge is 0.309 e. The van der Waals surface area contributed by atoms with Gasteiger partial charge in [-0.3, -0.25) is 0 Å². The smallest absolute Gasteiger partial charge is 0.0411 e. The van der Waals surface area contributed by atoms with Gasteiger partial charge in [0.2, 0.25) is 0 Å². The van der Waals surface area contributed by atoms with Crippen molar-refractivity contribution < 1.29 is 0 Å². The molecule has 0 spiro atoms. The lowest BCUT2D eigenvalue weighted by molar-refractivity contribution is 0.579. The minimum Gasteiger partial charge on any atom is -0.309 e. The number of hydrogen-bond acceptors (Lipinski definition) is 2. The number of halogens is 1. The van der Waals surface area contributed by atoms with Crippen LogP contribution < -0.4 is 5.32 Å². The molecule has 0 aromatic heterocycles. The highest BCUT2D eigenvalue weighted by Gasteiger charge is 2.16. The maximum Gasteiger partial charge on any atom is 0.0411 e. The summed E-state index contributed by atoms with van der Waals surface area (Å²) in [6.45, 7) is 3.41. The van der Waals surface area contributed by atoms with E-state index in [-0.39, 0.29) is 0 Å². The predicted molar refractivity (Wildman–Crippen MR) is 68.7 cm³/mol. The van der Waals surface area contributed by atoms with E-state index >= 15 is 0 Å². The molecule has 82 valence electrons. The van der Waals surface area contributed by atoms with E-state index in [2.05, 4.69) is 36.1 Å². The number of benzene rings is 1. The highest BCUT2D eigenvalue weighted by Crippen LogP contribution is 2.26. The first-order valence-electron chi connectivity index (χ1n) is 5.36. The molecule has 1 aromatic rings. The first-order chi connectivity index (χ1) is 7.25. The Kier molecular flexibility index (Phi) is 3.95. The molecule has 0 bridgehead atoms. The first-order valence-corrected chi connectivity index (χ1v) is 6.79. The minimum atomic E-state index is 0.484. The molecule has 0 aliphatic carbocycles. The molecule has 15 heavy (non-hydrogen) atoms. The first kappa shape index (κ1) is 11.3. The fourth-order valence-electron chi connectivity index (χ4n) is 1.77. The number of rotatable bonds is 1. The molecule has 0 saturated carbocycles. The summed E-state index contributed by atoms with van der Waals surface area (Å²) in [6.07, 6.45) is 1.26. The van der Waals surface area contributed by atoms with E-state index in [4.69, 9.17) is 11.6 Å². The number of nitrogens with one attached hydrogen (secondary N) is 1. The molecule has 0 amide bonds. The van der Waals surface area contributed by atoms with Crippen molar-refractivity contribution in [3.8, 4) is 0 Å². The molecular weight excluding hydrogens is 226 g/mol. The van der Waals surface area contributed by atoms with Gasteiger partial charge in [0.05, 0.1) is 0 Å². The van der Waals surface area contributed by atoms with Gasteiger partial charge in [0, 0.05) is 22.1 Å². The maximum absolute atomic E-state index is 5.88. The highest BCUT2D eigenvalue weighted by atomic mass is 35.5. The molecule has 3 heteroatoms. The zero-order valence-electron chi connectivity index (χ0n) is 8.87. The van der Waals surface area contributed by atoms with E-state index in [0.29, 0.717) is 6.04 Å². The molecule has 2 rings (SSSR count). The van der Waals surface area contributed by atoms with Gasteiger partial charge < -0.3 is 5.32 Å². The summed E-state index contributed by atoms with van der Waals surface area (Å²) in [5.41, 5.74) is 1.35. The maximum atomic E-state index is 5.88. The van der Waals surface area contributed by atoms with Crippen LogP contribution in [0.2, 0.25) is 5.02 Å². The van der Waals surface area contributed by atoms with Gasteiger partial charge in [0.15, 0.2) is 0 Å². The SMILES string of the molecule is CC1CCNC(c2ccc(Cl)cc2)CS1. The fraction of sp³-hybridized carbons (Fsp3) is 0.500. The van der Waals surface area contributed by atoms with E-state index in [1.807, 2.05) is 12.1 Å². The third kappa shape index (κ3) is 3.13. The van der Waals surface area contributed by atoms with Crippen molar-refractivity contribution in [2.45, 2.75) is 24.6 Å². The second kappa shape index (κ2) is 5.24. The average Bonchev–Trinajstić information content (AvgIpc) is 2.44. The number of hydrogen-bond donors (Lipinski definition) is 1. The normalized spacial score (nSPS) is 27.3. The van der Waals surface area contributed by atoms with Gasteiger partial charge in [-0.2, -0.15) is 11.8 Å². The summed E-state index contributed by atoms with van der Waals surface area (Å²) in [4.78, 5) is 0. The Hall–Kier alpha value is -0.180. The molecule has 0 radical (unpaired) electrons. The molecule has 1 aromatic carbocycles. The standard InChI is InChI=1S/C12H16ClNS/c1-9-6-7-14-12(8-15-9)10-2-4-11(13)5-3-10/h2-5,9,12,14H,6-8H2,1H3. The average molecular weight is 242 g/mol. The van der Waals surface area contributed by atoms with Crippen molar-refractivity contribution in [1.82, 2.24) is 5.32 Å². The molecular formula is C12H16ClNS. The Bertz CT molecular complexity index is 312. The summed E-state index contributed by atoms with van der Waals surface area (Å²) in [5.74, 6) is 1.16. The monoisotopic (exact) mass is 241 g/mol. The number of thioether (sulfide) groups is 1. The molecule has 1 nitrogen and oxygen atoms in total. The van der Waals surface area contributed by atoms with Crippen LogP contribution in [0.5, 0.6) is 0 Å². The second-order valence-electron chi connectivity index (χ2n) is 3.99. The van der Waals surface area contributed by atoms with Crippen molar-refractivity contribution >= 4 is 23.4 Å². The summed E-state index contributed by atoms with van der Waals surface area (Å²) in [5, 5.41) is 5.17. The topological polar surface area (TPSA) is 12.0 Å². The molecule has 2 unspecified atom stereocenters. The molecule has 2 atom stereocenters. The quantitative estimate of drug-likeness (QED) is 0.808. The Morgan fingerprint density at radius 3 is 2.80 bits per heavy atom. The third-order valence-electron chi connectivity index (χ3n) is 2.76. The van der Waals surface area contributed by atoms with Crippen LogP contribution >= 0.6 is 23.4 Å². The second-order valence-corrected chi connectivity index (χ2v) is 5.90. The van der Waals surface area contributed by atoms with Crippen LogP contribution in [0.1, 0.15) is 24.9 Å². The molecule has 1 fully saturated rings. The van der Waals surface area contributed by atoms with Gasteiger partial charge in [-0.1, -0.05) is 30.7 Å². The Morgan fingerprint density at radius 2 is 2.07 bits per heavy atom. The molecule has 1 saturated heterocycles. The Labute approximate surface area is 101 Å². The van der Waals surface area contributed by atoms with Crippen LogP contribution in [0.4, 0.5) is 0 Å². The summed E-state index contributed by atoms with van der Waals surface area (Å²) in [7, 11) is 0. The van der Waals surface area contributed by atoms with Crippen LogP contribution in [0.3, 0.4) is 0 Å². The molecule has 1 heterocycles. The highest BCUT2D eigenvalue weighted by molar-refractivity contribution is 7.99. The zero-order chi connectivity index (χ0) is 10.7. The van der Waals surface area contributed by atoms with Crippen LogP contribution in [0.25, 0.3) is 0 Å².